The van der Waals surface area contributed by atoms with Gasteiger partial charge in [-0.2, -0.15) is 4.90 Å². The minimum Gasteiger partial charge on any atom is -0.346 e. The Morgan fingerprint density at radius 3 is 2.46 bits per heavy atom. The number of amidine groups is 1. The summed E-state index contributed by atoms with van der Waals surface area (Å²) < 4.78 is 2.28. The van der Waals surface area contributed by atoms with E-state index in [0.29, 0.717) is 12.1 Å². The first-order valence-corrected chi connectivity index (χ1v) is 10.00. The van der Waals surface area contributed by atoms with Gasteiger partial charge in [0.05, 0.1) is 11.5 Å². The average Bonchev–Trinajstić information content (AvgIpc) is 2.84. The third-order valence-electron chi connectivity index (χ3n) is 5.88. The van der Waals surface area contributed by atoms with E-state index < -0.39 is 10.6 Å². The van der Waals surface area contributed by atoms with Gasteiger partial charge in [-0.3, -0.25) is 14.7 Å². The molecule has 0 spiro atoms. The van der Waals surface area contributed by atoms with Crippen LogP contribution in [0, 0.1) is 10.1 Å². The zero-order valence-corrected chi connectivity index (χ0v) is 16.2. The molecule has 0 saturated heterocycles. The molecule has 28 heavy (non-hydrogen) atoms. The number of benzene rings is 2. The highest BCUT2D eigenvalue weighted by Crippen LogP contribution is 2.38. The SMILES string of the molecule is CCc1ccc(N2C3=[N+](CCCCC3)CC2(O)c2ccc([N+](=O)[O-])cc2)cc1. The number of nitro groups is 1. The van der Waals surface area contributed by atoms with E-state index in [1.165, 1.54) is 24.1 Å². The fourth-order valence-electron chi connectivity index (χ4n) is 4.34. The van der Waals surface area contributed by atoms with Crippen molar-refractivity contribution in [2.75, 3.05) is 18.0 Å². The lowest BCUT2D eigenvalue weighted by atomic mass is 9.99. The van der Waals surface area contributed by atoms with E-state index in [4.69, 9.17) is 0 Å². The number of aryl methyl sites for hydroxylation is 1. The van der Waals surface area contributed by atoms with Gasteiger partial charge in [0.25, 0.3) is 17.2 Å². The van der Waals surface area contributed by atoms with E-state index >= 15 is 0 Å². The lowest BCUT2D eigenvalue weighted by molar-refractivity contribution is -0.534. The molecule has 1 unspecified atom stereocenters. The summed E-state index contributed by atoms with van der Waals surface area (Å²) >= 11 is 0. The van der Waals surface area contributed by atoms with Crippen LogP contribution in [0.2, 0.25) is 0 Å². The lowest BCUT2D eigenvalue weighted by Gasteiger charge is -2.29. The molecule has 0 aromatic heterocycles. The molecule has 1 N–H and O–H groups in total. The molecule has 6 nitrogen and oxygen atoms in total. The van der Waals surface area contributed by atoms with E-state index in [1.807, 2.05) is 4.90 Å². The summed E-state index contributed by atoms with van der Waals surface area (Å²) in [5.74, 6) is 1.14. The first-order valence-electron chi connectivity index (χ1n) is 10.00. The monoisotopic (exact) mass is 380 g/mol. The quantitative estimate of drug-likeness (QED) is 0.497. The molecule has 0 saturated carbocycles. The van der Waals surface area contributed by atoms with Crippen molar-refractivity contribution in [1.82, 2.24) is 0 Å². The average molecular weight is 380 g/mol. The molecule has 2 aromatic carbocycles. The van der Waals surface area contributed by atoms with Crippen LogP contribution in [0.15, 0.2) is 48.5 Å². The van der Waals surface area contributed by atoms with Crippen molar-refractivity contribution >= 4 is 17.2 Å². The van der Waals surface area contributed by atoms with E-state index in [0.717, 1.165) is 43.8 Å². The second kappa shape index (κ2) is 7.36. The summed E-state index contributed by atoms with van der Waals surface area (Å²) in [7, 11) is 0. The first kappa shape index (κ1) is 18.6. The van der Waals surface area contributed by atoms with Crippen molar-refractivity contribution in [1.29, 1.82) is 0 Å². The van der Waals surface area contributed by atoms with Crippen LogP contribution < -0.4 is 4.90 Å². The predicted molar refractivity (Wildman–Crippen MR) is 109 cm³/mol. The van der Waals surface area contributed by atoms with Gasteiger partial charge in [0.15, 0.2) is 6.54 Å². The minimum absolute atomic E-state index is 0.0337. The Morgan fingerprint density at radius 2 is 1.82 bits per heavy atom. The van der Waals surface area contributed by atoms with Crippen LogP contribution in [0.25, 0.3) is 0 Å². The molecule has 0 aliphatic carbocycles. The largest absolute Gasteiger partial charge is 0.346 e. The van der Waals surface area contributed by atoms with Crippen LogP contribution in [-0.4, -0.2) is 33.5 Å². The predicted octanol–water partition coefficient (Wildman–Crippen LogP) is 3.81. The van der Waals surface area contributed by atoms with Crippen molar-refractivity contribution < 1.29 is 14.6 Å². The molecule has 0 radical (unpaired) electrons. The smallest absolute Gasteiger partial charge is 0.275 e. The zero-order chi connectivity index (χ0) is 19.7. The number of rotatable bonds is 4. The van der Waals surface area contributed by atoms with E-state index in [1.54, 1.807) is 12.1 Å². The first-order chi connectivity index (χ1) is 13.5. The normalized spacial score (nSPS) is 22.1. The van der Waals surface area contributed by atoms with Gasteiger partial charge in [-0.05, 0) is 55.5 Å². The Hall–Kier alpha value is -2.73. The number of hydrogen-bond acceptors (Lipinski definition) is 4. The van der Waals surface area contributed by atoms with Crippen LogP contribution in [0.5, 0.6) is 0 Å². The van der Waals surface area contributed by atoms with Crippen molar-refractivity contribution in [3.05, 3.63) is 69.8 Å². The standard InChI is InChI=1S/C22H26N3O3/c1-2-17-7-11-19(12-8-17)24-21-6-4-3-5-15-23(21)16-22(24,26)18-9-13-20(14-10-18)25(27)28/h7-14,26H,2-6,15-16H2,1H3/q+1. The highest BCUT2D eigenvalue weighted by Gasteiger charge is 2.54. The van der Waals surface area contributed by atoms with Gasteiger partial charge >= 0.3 is 0 Å². The zero-order valence-electron chi connectivity index (χ0n) is 16.2. The van der Waals surface area contributed by atoms with Gasteiger partial charge in [0, 0.05) is 24.1 Å². The Morgan fingerprint density at radius 1 is 1.11 bits per heavy atom. The lowest BCUT2D eigenvalue weighted by Crippen LogP contribution is -2.47. The minimum atomic E-state index is -1.24. The summed E-state index contributed by atoms with van der Waals surface area (Å²) in [5.41, 5.74) is 1.68. The summed E-state index contributed by atoms with van der Waals surface area (Å²) in [6.07, 6.45) is 5.30. The molecule has 0 fully saturated rings. The van der Waals surface area contributed by atoms with E-state index in [2.05, 4.69) is 35.8 Å². The third-order valence-corrected chi connectivity index (χ3v) is 5.88. The van der Waals surface area contributed by atoms with Crippen molar-refractivity contribution in [2.45, 2.75) is 44.8 Å². The molecule has 2 aromatic rings. The molecule has 4 rings (SSSR count). The number of hydrogen-bond donors (Lipinski definition) is 1. The fraction of sp³-hybridized carbons (Fsp3) is 0.409. The van der Waals surface area contributed by atoms with Crippen LogP contribution in [0.1, 0.15) is 43.7 Å². The van der Waals surface area contributed by atoms with Gasteiger partial charge in [-0.25, -0.2) is 0 Å². The molecule has 0 amide bonds. The maximum Gasteiger partial charge on any atom is 0.275 e. The molecular weight excluding hydrogens is 354 g/mol. The molecule has 0 bridgehead atoms. The maximum atomic E-state index is 11.8. The van der Waals surface area contributed by atoms with Crippen LogP contribution >= 0.6 is 0 Å². The molecule has 1 atom stereocenters. The van der Waals surface area contributed by atoms with Crippen LogP contribution in [0.3, 0.4) is 0 Å². The van der Waals surface area contributed by atoms with Gasteiger partial charge < -0.3 is 5.11 Å². The third kappa shape index (κ3) is 3.18. The maximum absolute atomic E-state index is 11.8. The van der Waals surface area contributed by atoms with Crippen molar-refractivity contribution in [2.24, 2.45) is 0 Å². The highest BCUT2D eigenvalue weighted by molar-refractivity contribution is 5.97. The van der Waals surface area contributed by atoms with Gasteiger partial charge in [-0.15, -0.1) is 0 Å². The Kier molecular flexibility index (Phi) is 4.89. The van der Waals surface area contributed by atoms with E-state index in [9.17, 15) is 15.2 Å². The molecular formula is C22H26N3O3+. The van der Waals surface area contributed by atoms with Crippen molar-refractivity contribution in [3.8, 4) is 0 Å². The van der Waals surface area contributed by atoms with Gasteiger partial charge in [-0.1, -0.05) is 19.1 Å². The summed E-state index contributed by atoms with van der Waals surface area (Å²) in [5, 5.41) is 22.9. The molecule has 2 aliphatic rings. The number of nitrogens with zero attached hydrogens (tertiary/aromatic N) is 3. The van der Waals surface area contributed by atoms with E-state index in [-0.39, 0.29) is 5.69 Å². The molecule has 2 aliphatic heterocycles. The number of nitro benzene ring substituents is 1. The second-order valence-corrected chi connectivity index (χ2v) is 7.62. The fourth-order valence-corrected chi connectivity index (χ4v) is 4.34. The number of non-ortho nitro benzene ring substituents is 1. The number of aliphatic hydroxyl groups is 1. The summed E-state index contributed by atoms with van der Waals surface area (Å²) in [4.78, 5) is 12.7. The van der Waals surface area contributed by atoms with Gasteiger partial charge in [0.1, 0.15) is 5.69 Å². The van der Waals surface area contributed by atoms with Gasteiger partial charge in [0.2, 0.25) is 0 Å². The Balaban J connectivity index is 1.79. The summed E-state index contributed by atoms with van der Waals surface area (Å²) in [6, 6.07) is 14.6. The molecule has 146 valence electrons. The Labute approximate surface area is 164 Å². The Bertz CT molecular complexity index is 906. The summed E-state index contributed by atoms with van der Waals surface area (Å²) in [6.45, 7) is 3.52. The van der Waals surface area contributed by atoms with Crippen LogP contribution in [-0.2, 0) is 12.1 Å². The second-order valence-electron chi connectivity index (χ2n) is 7.62. The van der Waals surface area contributed by atoms with Crippen LogP contribution in [0.4, 0.5) is 11.4 Å². The molecule has 2 heterocycles. The molecule has 6 heteroatoms. The number of anilines is 1. The van der Waals surface area contributed by atoms with Crippen molar-refractivity contribution in [3.63, 3.8) is 0 Å². The highest BCUT2D eigenvalue weighted by atomic mass is 16.6. The topological polar surface area (TPSA) is 69.6 Å².